The van der Waals surface area contributed by atoms with Crippen molar-refractivity contribution in [2.75, 3.05) is 6.54 Å². The molecule has 0 spiro atoms. The summed E-state index contributed by atoms with van der Waals surface area (Å²) in [4.78, 5) is 30.2. The first kappa shape index (κ1) is 14.6. The van der Waals surface area contributed by atoms with Gasteiger partial charge in [0.2, 0.25) is 0 Å². The van der Waals surface area contributed by atoms with Crippen molar-refractivity contribution < 1.29 is 29.7 Å². The molecule has 0 aliphatic rings. The van der Waals surface area contributed by atoms with Gasteiger partial charge in [-0.25, -0.2) is 9.59 Å². The highest BCUT2D eigenvalue weighted by atomic mass is 16.4. The lowest BCUT2D eigenvalue weighted by Crippen LogP contribution is -2.10. The number of aromatic carboxylic acids is 2. The van der Waals surface area contributed by atoms with Gasteiger partial charge in [0.05, 0.1) is 17.7 Å². The highest BCUT2D eigenvalue weighted by Crippen LogP contribution is 2.07. The Hall–Kier alpha value is -2.41. The van der Waals surface area contributed by atoms with E-state index in [1.165, 1.54) is 24.3 Å². The molecule has 1 aromatic rings. The standard InChI is InChI=1S/C8H6O4.C2H5NO2/c9-7(10)5-3-1-2-4-6(5)8(11)12;3-1-2(4)5/h1-4H,(H,9,10)(H,11,12);1,3H2,(H,4,5). The van der Waals surface area contributed by atoms with Crippen LogP contribution in [0.15, 0.2) is 24.3 Å². The van der Waals surface area contributed by atoms with Crippen LogP contribution in [0.3, 0.4) is 0 Å². The van der Waals surface area contributed by atoms with E-state index in [0.717, 1.165) is 0 Å². The topological polar surface area (TPSA) is 138 Å². The van der Waals surface area contributed by atoms with Gasteiger partial charge < -0.3 is 21.1 Å². The Balaban J connectivity index is 0.000000437. The molecule has 0 unspecified atom stereocenters. The average Bonchev–Trinajstić information content (AvgIpc) is 2.29. The van der Waals surface area contributed by atoms with Crippen LogP contribution in [0.4, 0.5) is 0 Å². The fraction of sp³-hybridized carbons (Fsp3) is 0.100. The predicted octanol–water partition coefficient (Wildman–Crippen LogP) is 0.113. The molecule has 0 bridgehead atoms. The number of carbonyl (C=O) groups is 3. The van der Waals surface area contributed by atoms with Gasteiger partial charge in [-0.3, -0.25) is 4.79 Å². The molecule has 5 N–H and O–H groups in total. The molecular formula is C10H11NO6. The van der Waals surface area contributed by atoms with Crippen LogP contribution in [-0.4, -0.2) is 39.8 Å². The number of aliphatic carboxylic acids is 1. The quantitative estimate of drug-likeness (QED) is 0.589. The number of rotatable bonds is 3. The number of carboxylic acid groups (broad SMARTS) is 3. The van der Waals surface area contributed by atoms with Crippen LogP contribution in [0.25, 0.3) is 0 Å². The summed E-state index contributed by atoms with van der Waals surface area (Å²) in [5.41, 5.74) is 4.19. The van der Waals surface area contributed by atoms with Crippen molar-refractivity contribution in [3.05, 3.63) is 35.4 Å². The molecule has 7 nitrogen and oxygen atoms in total. The molecule has 0 aromatic heterocycles. The van der Waals surface area contributed by atoms with E-state index in [1.807, 2.05) is 0 Å². The fourth-order valence-corrected chi connectivity index (χ4v) is 0.856. The molecule has 1 aromatic carbocycles. The lowest BCUT2D eigenvalue weighted by Gasteiger charge is -1.98. The van der Waals surface area contributed by atoms with Gasteiger partial charge in [0.25, 0.3) is 0 Å². The van der Waals surface area contributed by atoms with E-state index in [1.54, 1.807) is 0 Å². The minimum absolute atomic E-state index is 0.190. The molecule has 0 aliphatic heterocycles. The number of hydrogen-bond acceptors (Lipinski definition) is 4. The van der Waals surface area contributed by atoms with Crippen LogP contribution in [0, 0.1) is 0 Å². The van der Waals surface area contributed by atoms with Gasteiger partial charge >= 0.3 is 17.9 Å². The van der Waals surface area contributed by atoms with Crippen molar-refractivity contribution >= 4 is 17.9 Å². The molecule has 0 saturated carbocycles. The summed E-state index contributed by atoms with van der Waals surface area (Å²) in [5, 5.41) is 24.7. The van der Waals surface area contributed by atoms with Gasteiger partial charge in [0.1, 0.15) is 0 Å². The van der Waals surface area contributed by atoms with E-state index in [-0.39, 0.29) is 17.7 Å². The zero-order valence-electron chi connectivity index (χ0n) is 8.66. The Morgan fingerprint density at radius 1 is 0.941 bits per heavy atom. The molecule has 0 saturated heterocycles. The Kier molecular flexibility index (Phi) is 5.98. The van der Waals surface area contributed by atoms with E-state index in [2.05, 4.69) is 5.73 Å². The molecule has 92 valence electrons. The van der Waals surface area contributed by atoms with Crippen LogP contribution in [-0.2, 0) is 4.79 Å². The van der Waals surface area contributed by atoms with Crippen LogP contribution in [0.5, 0.6) is 0 Å². The van der Waals surface area contributed by atoms with E-state index in [9.17, 15) is 14.4 Å². The third-order valence-electron chi connectivity index (χ3n) is 1.56. The van der Waals surface area contributed by atoms with E-state index < -0.39 is 17.9 Å². The summed E-state index contributed by atoms with van der Waals surface area (Å²) >= 11 is 0. The molecule has 7 heteroatoms. The molecule has 0 heterocycles. The largest absolute Gasteiger partial charge is 0.480 e. The molecule has 17 heavy (non-hydrogen) atoms. The van der Waals surface area contributed by atoms with Crippen molar-refractivity contribution in [1.82, 2.24) is 0 Å². The summed E-state index contributed by atoms with van der Waals surface area (Å²) in [5.74, 6) is -3.42. The highest BCUT2D eigenvalue weighted by molar-refractivity contribution is 6.01. The molecule has 0 amide bonds. The van der Waals surface area contributed by atoms with Crippen LogP contribution in [0.1, 0.15) is 20.7 Å². The van der Waals surface area contributed by atoms with E-state index in [0.29, 0.717) is 0 Å². The Labute approximate surface area is 96.1 Å². The molecular weight excluding hydrogens is 230 g/mol. The Bertz CT molecular complexity index is 396. The van der Waals surface area contributed by atoms with Crippen LogP contribution < -0.4 is 5.73 Å². The normalized spacial score (nSPS) is 8.76. The predicted molar refractivity (Wildman–Crippen MR) is 57.1 cm³/mol. The monoisotopic (exact) mass is 241 g/mol. The number of hydrogen-bond donors (Lipinski definition) is 4. The van der Waals surface area contributed by atoms with E-state index >= 15 is 0 Å². The van der Waals surface area contributed by atoms with Gasteiger partial charge in [0, 0.05) is 0 Å². The first-order valence-electron chi connectivity index (χ1n) is 4.37. The molecule has 0 radical (unpaired) electrons. The molecule has 0 fully saturated rings. The lowest BCUT2D eigenvalue weighted by atomic mass is 10.1. The minimum atomic E-state index is -1.23. The van der Waals surface area contributed by atoms with E-state index in [4.69, 9.17) is 15.3 Å². The van der Waals surface area contributed by atoms with Crippen molar-refractivity contribution in [3.63, 3.8) is 0 Å². The van der Waals surface area contributed by atoms with Crippen LogP contribution >= 0.6 is 0 Å². The zero-order valence-corrected chi connectivity index (χ0v) is 8.66. The fourth-order valence-electron chi connectivity index (χ4n) is 0.856. The SMILES string of the molecule is NCC(=O)O.O=C(O)c1ccccc1C(=O)O. The second kappa shape index (κ2) is 6.96. The van der Waals surface area contributed by atoms with Crippen LogP contribution in [0.2, 0.25) is 0 Å². The summed E-state index contributed by atoms with van der Waals surface area (Å²) in [7, 11) is 0. The van der Waals surface area contributed by atoms with Crippen molar-refractivity contribution in [2.45, 2.75) is 0 Å². The summed E-state index contributed by atoms with van der Waals surface area (Å²) in [6.45, 7) is -0.278. The third kappa shape index (κ3) is 5.28. The molecule has 0 atom stereocenters. The smallest absolute Gasteiger partial charge is 0.336 e. The maximum absolute atomic E-state index is 10.5. The van der Waals surface area contributed by atoms with Gasteiger partial charge in [-0.2, -0.15) is 0 Å². The van der Waals surface area contributed by atoms with Gasteiger partial charge in [-0.15, -0.1) is 0 Å². The highest BCUT2D eigenvalue weighted by Gasteiger charge is 2.13. The average molecular weight is 241 g/mol. The zero-order chi connectivity index (χ0) is 13.4. The maximum Gasteiger partial charge on any atom is 0.336 e. The molecule has 0 aliphatic carbocycles. The lowest BCUT2D eigenvalue weighted by molar-refractivity contribution is -0.135. The van der Waals surface area contributed by atoms with Crippen molar-refractivity contribution in [3.8, 4) is 0 Å². The summed E-state index contributed by atoms with van der Waals surface area (Å²) in [6, 6.07) is 5.48. The van der Waals surface area contributed by atoms with Crippen molar-refractivity contribution in [2.24, 2.45) is 5.73 Å². The van der Waals surface area contributed by atoms with Gasteiger partial charge in [-0.05, 0) is 12.1 Å². The maximum atomic E-state index is 10.5. The number of nitrogens with two attached hydrogens (primary N) is 1. The first-order valence-corrected chi connectivity index (χ1v) is 4.37. The number of benzene rings is 1. The van der Waals surface area contributed by atoms with Gasteiger partial charge in [0.15, 0.2) is 0 Å². The van der Waals surface area contributed by atoms with Gasteiger partial charge in [-0.1, -0.05) is 12.1 Å². The summed E-state index contributed by atoms with van der Waals surface area (Å²) in [6.07, 6.45) is 0. The second-order valence-corrected chi connectivity index (χ2v) is 2.75. The van der Waals surface area contributed by atoms with Crippen molar-refractivity contribution in [1.29, 1.82) is 0 Å². The number of carboxylic acids is 3. The third-order valence-corrected chi connectivity index (χ3v) is 1.56. The minimum Gasteiger partial charge on any atom is -0.480 e. The second-order valence-electron chi connectivity index (χ2n) is 2.75. The first-order chi connectivity index (χ1) is 7.90. The Morgan fingerprint density at radius 3 is 1.41 bits per heavy atom. The Morgan fingerprint density at radius 2 is 1.24 bits per heavy atom. The summed E-state index contributed by atoms with van der Waals surface area (Å²) < 4.78 is 0. The molecule has 1 rings (SSSR count).